The standard InChI is InChI=1S/C25H24ClF3N4O3/c1-14-12-31(13-30-14)19-5-6-20-24(35)32(9-10-33(20)23(19)34)15(2)21-7-8-22(36-21)17-4-3-16(26)11-18(17)25(27,28)29/h3-6,11-13,15,21-22H,7-10H2,1-2H3/t15-,21?,22+/m0/s1. The topological polar surface area (TPSA) is 69.4 Å². The molecule has 1 unspecified atom stereocenters. The average Bonchev–Trinajstić information content (AvgIpc) is 3.48. The van der Waals surface area contributed by atoms with Gasteiger partial charge in [0.05, 0.1) is 35.8 Å². The quantitative estimate of drug-likeness (QED) is 0.496. The van der Waals surface area contributed by atoms with Crippen LogP contribution in [0.4, 0.5) is 13.2 Å². The van der Waals surface area contributed by atoms with Crippen molar-refractivity contribution < 1.29 is 22.7 Å². The number of hydrogen-bond donors (Lipinski definition) is 0. The average molecular weight is 521 g/mol. The SMILES string of the molecule is Cc1cn(-c2ccc3n(c2=O)CCN([C@@H](C)C2CC[C@H](c4ccc(Cl)cc4C(F)(F)F)O2)C3=O)cn1. The molecule has 0 spiro atoms. The Balaban J connectivity index is 1.35. The van der Waals surface area contributed by atoms with Gasteiger partial charge >= 0.3 is 6.18 Å². The molecule has 3 aromatic rings. The van der Waals surface area contributed by atoms with E-state index in [-0.39, 0.29) is 33.8 Å². The van der Waals surface area contributed by atoms with E-state index in [2.05, 4.69) is 4.98 Å². The predicted molar refractivity (Wildman–Crippen MR) is 126 cm³/mol. The van der Waals surface area contributed by atoms with E-state index in [4.69, 9.17) is 16.3 Å². The summed E-state index contributed by atoms with van der Waals surface area (Å²) in [5, 5.41) is 0.00754. The minimum atomic E-state index is -4.55. The molecular weight excluding hydrogens is 497 g/mol. The molecule has 2 aliphatic rings. The number of pyridine rings is 1. The Hall–Kier alpha value is -3.11. The molecule has 1 saturated heterocycles. The van der Waals surface area contributed by atoms with Crippen LogP contribution in [0.25, 0.3) is 5.69 Å². The summed E-state index contributed by atoms with van der Waals surface area (Å²) in [5.41, 5.74) is 0.392. The maximum absolute atomic E-state index is 13.6. The van der Waals surface area contributed by atoms with Crippen LogP contribution in [-0.4, -0.2) is 43.6 Å². The van der Waals surface area contributed by atoms with Gasteiger partial charge in [-0.05, 0) is 56.5 Å². The summed E-state index contributed by atoms with van der Waals surface area (Å²) in [6.07, 6.45) is -1.56. The van der Waals surface area contributed by atoms with E-state index in [1.807, 2.05) is 13.8 Å². The van der Waals surface area contributed by atoms with Gasteiger partial charge < -0.3 is 18.8 Å². The van der Waals surface area contributed by atoms with Crippen molar-refractivity contribution in [2.75, 3.05) is 6.54 Å². The van der Waals surface area contributed by atoms with Crippen LogP contribution in [0.1, 0.15) is 53.2 Å². The highest BCUT2D eigenvalue weighted by atomic mass is 35.5. The van der Waals surface area contributed by atoms with E-state index in [0.29, 0.717) is 31.6 Å². The molecule has 3 atom stereocenters. The predicted octanol–water partition coefficient (Wildman–Crippen LogP) is 4.78. The zero-order valence-electron chi connectivity index (χ0n) is 19.6. The van der Waals surface area contributed by atoms with Crippen molar-refractivity contribution in [1.29, 1.82) is 0 Å². The van der Waals surface area contributed by atoms with Crippen LogP contribution < -0.4 is 5.56 Å². The summed E-state index contributed by atoms with van der Waals surface area (Å²) in [6.45, 7) is 4.24. The van der Waals surface area contributed by atoms with Gasteiger partial charge in [0.15, 0.2) is 0 Å². The molecule has 5 rings (SSSR count). The lowest BCUT2D eigenvalue weighted by Gasteiger charge is -2.37. The van der Waals surface area contributed by atoms with Gasteiger partial charge in [0, 0.05) is 24.3 Å². The van der Waals surface area contributed by atoms with Crippen LogP contribution in [0, 0.1) is 6.92 Å². The van der Waals surface area contributed by atoms with Crippen LogP contribution in [0.15, 0.2) is 47.7 Å². The third-order valence-corrected chi connectivity index (χ3v) is 7.17. The molecule has 4 heterocycles. The zero-order valence-corrected chi connectivity index (χ0v) is 20.4. The molecule has 2 aliphatic heterocycles. The van der Waals surface area contributed by atoms with Crippen molar-refractivity contribution in [3.63, 3.8) is 0 Å². The Labute approximate surface area is 210 Å². The summed E-state index contributed by atoms with van der Waals surface area (Å²) in [5.74, 6) is -0.311. The van der Waals surface area contributed by atoms with Crippen molar-refractivity contribution in [1.82, 2.24) is 19.0 Å². The molecule has 190 valence electrons. The number of fused-ring (bicyclic) bond motifs is 1. The number of nitrogens with zero attached hydrogens (tertiary/aromatic N) is 4. The Bertz CT molecular complexity index is 1380. The first-order valence-corrected chi connectivity index (χ1v) is 12.0. The van der Waals surface area contributed by atoms with Gasteiger partial charge in [0.2, 0.25) is 0 Å². The van der Waals surface area contributed by atoms with E-state index in [9.17, 15) is 22.8 Å². The number of halogens is 4. The van der Waals surface area contributed by atoms with Gasteiger partial charge in [-0.2, -0.15) is 13.2 Å². The lowest BCUT2D eigenvalue weighted by atomic mass is 9.99. The van der Waals surface area contributed by atoms with Crippen molar-refractivity contribution >= 4 is 17.5 Å². The fourth-order valence-electron chi connectivity index (χ4n) is 5.07. The molecule has 0 bridgehead atoms. The highest BCUT2D eigenvalue weighted by Gasteiger charge is 2.41. The Morgan fingerprint density at radius 1 is 1.14 bits per heavy atom. The second-order valence-electron chi connectivity index (χ2n) is 9.19. The summed E-state index contributed by atoms with van der Waals surface area (Å²) in [6, 6.07) is 6.53. The van der Waals surface area contributed by atoms with Crippen molar-refractivity contribution in [3.8, 4) is 5.69 Å². The van der Waals surface area contributed by atoms with Crippen LogP contribution >= 0.6 is 11.6 Å². The number of aryl methyl sites for hydroxylation is 1. The van der Waals surface area contributed by atoms with E-state index >= 15 is 0 Å². The number of carbonyl (C=O) groups is 1. The number of hydrogen-bond acceptors (Lipinski definition) is 4. The summed E-state index contributed by atoms with van der Waals surface area (Å²) in [7, 11) is 0. The van der Waals surface area contributed by atoms with Gasteiger partial charge in [-0.15, -0.1) is 0 Å². The Morgan fingerprint density at radius 2 is 1.92 bits per heavy atom. The monoisotopic (exact) mass is 520 g/mol. The van der Waals surface area contributed by atoms with Crippen molar-refractivity contribution in [3.05, 3.63) is 80.7 Å². The van der Waals surface area contributed by atoms with E-state index in [1.54, 1.807) is 34.1 Å². The number of amides is 1. The highest BCUT2D eigenvalue weighted by molar-refractivity contribution is 6.30. The maximum Gasteiger partial charge on any atom is 0.416 e. The molecule has 7 nitrogen and oxygen atoms in total. The maximum atomic E-state index is 13.6. The zero-order chi connectivity index (χ0) is 25.8. The molecular formula is C25H24ClF3N4O3. The second-order valence-corrected chi connectivity index (χ2v) is 9.63. The highest BCUT2D eigenvalue weighted by Crippen LogP contribution is 2.42. The molecule has 1 amide bonds. The van der Waals surface area contributed by atoms with Gasteiger partial charge in [0.25, 0.3) is 11.5 Å². The van der Waals surface area contributed by atoms with Gasteiger partial charge in [-0.1, -0.05) is 17.7 Å². The van der Waals surface area contributed by atoms with Gasteiger partial charge in [-0.3, -0.25) is 9.59 Å². The molecule has 11 heteroatoms. The minimum Gasteiger partial charge on any atom is -0.368 e. The van der Waals surface area contributed by atoms with Crippen LogP contribution in [0.2, 0.25) is 5.02 Å². The first-order chi connectivity index (χ1) is 17.0. The smallest absolute Gasteiger partial charge is 0.368 e. The summed E-state index contributed by atoms with van der Waals surface area (Å²) < 4.78 is 49.9. The molecule has 1 fully saturated rings. The third-order valence-electron chi connectivity index (χ3n) is 6.94. The van der Waals surface area contributed by atoms with Crippen molar-refractivity contribution in [2.45, 2.75) is 57.7 Å². The first-order valence-electron chi connectivity index (χ1n) is 11.6. The molecule has 0 aliphatic carbocycles. The first kappa shape index (κ1) is 24.6. The van der Waals surface area contributed by atoms with Crippen molar-refractivity contribution in [2.24, 2.45) is 0 Å². The van der Waals surface area contributed by atoms with Crippen LogP contribution in [-0.2, 0) is 17.5 Å². The fourth-order valence-corrected chi connectivity index (χ4v) is 5.24. The Kier molecular flexibility index (Phi) is 6.20. The number of aromatic nitrogens is 3. The number of imidazole rings is 1. The molecule has 2 aromatic heterocycles. The molecule has 0 radical (unpaired) electrons. The van der Waals surface area contributed by atoms with E-state index < -0.39 is 23.9 Å². The van der Waals surface area contributed by atoms with Crippen LogP contribution in [0.5, 0.6) is 0 Å². The number of alkyl halides is 3. The number of ether oxygens (including phenoxy) is 1. The second kappa shape index (κ2) is 9.08. The minimum absolute atomic E-state index is 0.00754. The number of benzene rings is 1. The molecule has 0 saturated carbocycles. The number of carbonyl (C=O) groups excluding carboxylic acids is 1. The molecule has 1 aromatic carbocycles. The normalized spacial score (nSPS) is 21.1. The Morgan fingerprint density at radius 3 is 2.61 bits per heavy atom. The number of rotatable bonds is 4. The lowest BCUT2D eigenvalue weighted by Crippen LogP contribution is -2.52. The van der Waals surface area contributed by atoms with E-state index in [0.717, 1.165) is 11.8 Å². The third kappa shape index (κ3) is 4.32. The lowest BCUT2D eigenvalue weighted by molar-refractivity contribution is -0.139. The van der Waals surface area contributed by atoms with Gasteiger partial charge in [-0.25, -0.2) is 4.98 Å². The van der Waals surface area contributed by atoms with Gasteiger partial charge in [0.1, 0.15) is 11.4 Å². The van der Waals surface area contributed by atoms with E-state index in [1.165, 1.54) is 16.7 Å². The molecule has 0 N–H and O–H groups in total. The van der Waals surface area contributed by atoms with Crippen LogP contribution in [0.3, 0.4) is 0 Å². The largest absolute Gasteiger partial charge is 0.416 e. The molecule has 36 heavy (non-hydrogen) atoms. The summed E-state index contributed by atoms with van der Waals surface area (Å²) in [4.78, 5) is 32.2. The summed E-state index contributed by atoms with van der Waals surface area (Å²) >= 11 is 5.81. The fraction of sp³-hybridized carbons (Fsp3) is 0.400.